The van der Waals surface area contributed by atoms with Crippen LogP contribution in [-0.2, 0) is 12.0 Å². The predicted molar refractivity (Wildman–Crippen MR) is 117 cm³/mol. The highest BCUT2D eigenvalue weighted by molar-refractivity contribution is 6.34. The van der Waals surface area contributed by atoms with Gasteiger partial charge in [0.05, 0.1) is 0 Å². The Morgan fingerprint density at radius 1 is 0.926 bits per heavy atom. The van der Waals surface area contributed by atoms with E-state index in [0.29, 0.717) is 6.04 Å². The highest BCUT2D eigenvalue weighted by atomic mass is 35.5. The van der Waals surface area contributed by atoms with Crippen LogP contribution in [0.1, 0.15) is 36.8 Å². The number of likely N-dealkylation sites (N-methyl/N-ethyl adjacent to an activating group) is 1. The van der Waals surface area contributed by atoms with Crippen LogP contribution in [0.5, 0.6) is 0 Å². The van der Waals surface area contributed by atoms with Gasteiger partial charge in [0, 0.05) is 28.2 Å². The highest BCUT2D eigenvalue weighted by Crippen LogP contribution is 2.43. The summed E-state index contributed by atoms with van der Waals surface area (Å²) in [5.41, 5.74) is 2.68. The van der Waals surface area contributed by atoms with Gasteiger partial charge in [0.1, 0.15) is 0 Å². The van der Waals surface area contributed by atoms with Crippen LogP contribution < -0.4 is 0 Å². The van der Waals surface area contributed by atoms with Gasteiger partial charge in [-0.15, -0.1) is 0 Å². The third kappa shape index (κ3) is 4.86. The molecule has 0 atom stereocenters. The molecule has 2 nitrogen and oxygen atoms in total. The molecular weight excluding hydrogens is 375 g/mol. The fourth-order valence-electron chi connectivity index (χ4n) is 4.47. The molecule has 1 aliphatic carbocycles. The minimum Gasteiger partial charge on any atom is -0.303 e. The third-order valence-corrected chi connectivity index (χ3v) is 6.69. The average molecular weight is 405 g/mol. The molecule has 27 heavy (non-hydrogen) atoms. The lowest BCUT2D eigenvalue weighted by Crippen LogP contribution is -2.48. The van der Waals surface area contributed by atoms with Crippen molar-refractivity contribution < 1.29 is 0 Å². The molecule has 0 radical (unpaired) electrons. The number of halogens is 2. The fraction of sp³-hybridized carbons (Fsp3) is 0.478. The summed E-state index contributed by atoms with van der Waals surface area (Å²) in [6, 6.07) is 17.4. The molecule has 0 bridgehead atoms. The second kappa shape index (κ2) is 8.96. The van der Waals surface area contributed by atoms with Gasteiger partial charge >= 0.3 is 0 Å². The van der Waals surface area contributed by atoms with E-state index in [0.717, 1.165) is 35.9 Å². The second-order valence-electron chi connectivity index (χ2n) is 8.03. The maximum atomic E-state index is 6.30. The predicted octanol–water partition coefficient (Wildman–Crippen LogP) is 5.87. The van der Waals surface area contributed by atoms with Gasteiger partial charge < -0.3 is 4.90 Å². The van der Waals surface area contributed by atoms with Crippen LogP contribution in [0.2, 0.25) is 10.0 Å². The number of rotatable bonds is 6. The standard InChI is InChI=1S/C23H30Cl2N2/c1-26(2)23(19-15-20(24)17-21(25)16-19)12-9-22(10-13-23)27(3)14-11-18-7-5-4-6-8-18/h4-8,15-17,22H,9-14H2,1-3H3. The van der Waals surface area contributed by atoms with Gasteiger partial charge in [-0.25, -0.2) is 0 Å². The number of hydrogen-bond acceptors (Lipinski definition) is 2. The van der Waals surface area contributed by atoms with Crippen molar-refractivity contribution in [2.75, 3.05) is 27.7 Å². The Hall–Kier alpha value is -1.06. The largest absolute Gasteiger partial charge is 0.303 e. The minimum absolute atomic E-state index is 0.0192. The van der Waals surface area contributed by atoms with Crippen molar-refractivity contribution in [3.8, 4) is 0 Å². The molecule has 1 fully saturated rings. The maximum Gasteiger partial charge on any atom is 0.0457 e. The van der Waals surface area contributed by atoms with Crippen LogP contribution in [0.3, 0.4) is 0 Å². The molecule has 0 heterocycles. The molecule has 0 aliphatic heterocycles. The van der Waals surface area contributed by atoms with Gasteiger partial charge in [-0.2, -0.15) is 0 Å². The minimum atomic E-state index is 0.0192. The summed E-state index contributed by atoms with van der Waals surface area (Å²) in [4.78, 5) is 4.90. The Balaban J connectivity index is 1.66. The van der Waals surface area contributed by atoms with Crippen LogP contribution in [0.25, 0.3) is 0 Å². The highest BCUT2D eigenvalue weighted by Gasteiger charge is 2.39. The van der Waals surface area contributed by atoms with Gasteiger partial charge in [0.25, 0.3) is 0 Å². The van der Waals surface area contributed by atoms with Crippen LogP contribution in [0.4, 0.5) is 0 Å². The van der Waals surface area contributed by atoms with Crippen molar-refractivity contribution >= 4 is 23.2 Å². The van der Waals surface area contributed by atoms with E-state index in [4.69, 9.17) is 23.2 Å². The smallest absolute Gasteiger partial charge is 0.0457 e. The van der Waals surface area contributed by atoms with E-state index in [9.17, 15) is 0 Å². The summed E-state index contributed by atoms with van der Waals surface area (Å²) >= 11 is 12.6. The van der Waals surface area contributed by atoms with Crippen molar-refractivity contribution in [2.24, 2.45) is 0 Å². The summed E-state index contributed by atoms with van der Waals surface area (Å²) in [6.07, 6.45) is 5.73. The SMILES string of the molecule is CN(CCc1ccccc1)C1CCC(c2cc(Cl)cc(Cl)c2)(N(C)C)CC1. The quantitative estimate of drug-likeness (QED) is 0.593. The Morgan fingerprint density at radius 2 is 1.52 bits per heavy atom. The fourth-order valence-corrected chi connectivity index (χ4v) is 5.00. The summed E-state index contributed by atoms with van der Waals surface area (Å²) in [7, 11) is 6.62. The lowest BCUT2D eigenvalue weighted by atomic mass is 9.73. The lowest BCUT2D eigenvalue weighted by molar-refractivity contribution is 0.0577. The number of nitrogens with zero attached hydrogens (tertiary/aromatic N) is 2. The average Bonchev–Trinajstić information content (AvgIpc) is 2.66. The van der Waals surface area contributed by atoms with E-state index < -0.39 is 0 Å². The summed E-state index contributed by atoms with van der Waals surface area (Å²) in [5.74, 6) is 0. The van der Waals surface area contributed by atoms with E-state index in [1.807, 2.05) is 6.07 Å². The first-order chi connectivity index (χ1) is 12.9. The van der Waals surface area contributed by atoms with Crippen LogP contribution in [-0.4, -0.2) is 43.5 Å². The molecule has 2 aromatic carbocycles. The second-order valence-corrected chi connectivity index (χ2v) is 8.90. The monoisotopic (exact) mass is 404 g/mol. The molecule has 0 unspecified atom stereocenters. The molecule has 0 amide bonds. The van der Waals surface area contributed by atoms with Crippen LogP contribution >= 0.6 is 23.2 Å². The maximum absolute atomic E-state index is 6.30. The molecule has 0 N–H and O–H groups in total. The number of hydrogen-bond donors (Lipinski definition) is 0. The molecule has 3 rings (SSSR count). The van der Waals surface area contributed by atoms with Crippen molar-refractivity contribution in [1.82, 2.24) is 9.80 Å². The zero-order valence-electron chi connectivity index (χ0n) is 16.6. The van der Waals surface area contributed by atoms with Crippen molar-refractivity contribution in [3.05, 3.63) is 69.7 Å². The van der Waals surface area contributed by atoms with Gasteiger partial charge in [0.2, 0.25) is 0 Å². The number of benzene rings is 2. The normalized spacial score (nSPS) is 23.1. The Morgan fingerprint density at radius 3 is 2.07 bits per heavy atom. The molecular formula is C23H30Cl2N2. The lowest BCUT2D eigenvalue weighted by Gasteiger charge is -2.47. The summed E-state index contributed by atoms with van der Waals surface area (Å²) in [5, 5.41) is 1.45. The summed E-state index contributed by atoms with van der Waals surface area (Å²) in [6.45, 7) is 1.10. The van der Waals surface area contributed by atoms with Crippen LogP contribution in [0, 0.1) is 0 Å². The van der Waals surface area contributed by atoms with Gasteiger partial charge in [-0.3, -0.25) is 4.90 Å². The molecule has 0 spiro atoms. The van der Waals surface area contributed by atoms with E-state index in [1.165, 1.54) is 24.0 Å². The van der Waals surface area contributed by atoms with Gasteiger partial charge in [0.15, 0.2) is 0 Å². The Kier molecular flexibility index (Phi) is 6.86. The van der Waals surface area contributed by atoms with Crippen LogP contribution in [0.15, 0.2) is 48.5 Å². The van der Waals surface area contributed by atoms with Gasteiger partial charge in [-0.05, 0) is 82.6 Å². The van der Waals surface area contributed by atoms with Crippen molar-refractivity contribution in [3.63, 3.8) is 0 Å². The molecule has 2 aromatic rings. The molecule has 146 valence electrons. The first-order valence-electron chi connectivity index (χ1n) is 9.79. The van der Waals surface area contributed by atoms with E-state index in [1.54, 1.807) is 0 Å². The molecule has 0 saturated heterocycles. The van der Waals surface area contributed by atoms with Crippen molar-refractivity contribution in [2.45, 2.75) is 43.7 Å². The molecule has 1 saturated carbocycles. The van der Waals surface area contributed by atoms with E-state index >= 15 is 0 Å². The zero-order valence-corrected chi connectivity index (χ0v) is 18.1. The zero-order chi connectivity index (χ0) is 19.4. The Labute approximate surface area is 174 Å². The first-order valence-corrected chi connectivity index (χ1v) is 10.5. The molecule has 0 aromatic heterocycles. The third-order valence-electron chi connectivity index (χ3n) is 6.26. The van der Waals surface area contributed by atoms with Crippen molar-refractivity contribution in [1.29, 1.82) is 0 Å². The molecule has 4 heteroatoms. The van der Waals surface area contributed by atoms with E-state index in [-0.39, 0.29) is 5.54 Å². The Bertz CT molecular complexity index is 717. The topological polar surface area (TPSA) is 6.48 Å². The first kappa shape index (κ1) is 20.7. The molecule has 1 aliphatic rings. The van der Waals surface area contributed by atoms with Gasteiger partial charge in [-0.1, -0.05) is 53.5 Å². The summed E-state index contributed by atoms with van der Waals surface area (Å²) < 4.78 is 0. The van der Waals surface area contributed by atoms with E-state index in [2.05, 4.69) is 73.4 Å².